The van der Waals surface area contributed by atoms with Gasteiger partial charge in [-0.15, -0.1) is 0 Å². The predicted molar refractivity (Wildman–Crippen MR) is 171 cm³/mol. The quantitative estimate of drug-likeness (QED) is 0.149. The van der Waals surface area contributed by atoms with Crippen molar-refractivity contribution in [1.29, 1.82) is 0 Å². The molecule has 40 heavy (non-hydrogen) atoms. The Morgan fingerprint density at radius 1 is 0.400 bits per heavy atom. The van der Waals surface area contributed by atoms with Crippen molar-refractivity contribution in [2.75, 3.05) is 0 Å². The Morgan fingerprint density at radius 2 is 0.800 bits per heavy atom. The minimum atomic E-state index is -3.02. The standard InChI is InChI=1S/C38H29OP/c39-40(35-17-9-3-10-18-35,36-19-11-4-12-20-36)37-27-25-34(26-28-37)38(33-15-7-2-8-16-33)29-30-21-23-32(24-22-30)31-13-5-1-6-14-31/h1-29H. The second-order valence-electron chi connectivity index (χ2n) is 9.74. The molecule has 0 unspecified atom stereocenters. The molecule has 0 spiro atoms. The van der Waals surface area contributed by atoms with E-state index in [-0.39, 0.29) is 0 Å². The van der Waals surface area contributed by atoms with Gasteiger partial charge in [-0.1, -0.05) is 170 Å². The van der Waals surface area contributed by atoms with E-state index in [2.05, 4.69) is 91.0 Å². The van der Waals surface area contributed by atoms with Crippen molar-refractivity contribution in [3.05, 3.63) is 187 Å². The second-order valence-corrected chi connectivity index (χ2v) is 12.5. The summed E-state index contributed by atoms with van der Waals surface area (Å²) in [6, 6.07) is 57.4. The zero-order chi connectivity index (χ0) is 27.2. The van der Waals surface area contributed by atoms with Crippen LogP contribution in [0, 0.1) is 0 Å². The van der Waals surface area contributed by atoms with E-state index in [1.165, 1.54) is 11.1 Å². The van der Waals surface area contributed by atoms with Crippen LogP contribution < -0.4 is 15.9 Å². The molecule has 0 aromatic heterocycles. The summed E-state index contributed by atoms with van der Waals surface area (Å²) in [7, 11) is -3.02. The number of rotatable bonds is 7. The molecule has 0 radical (unpaired) electrons. The summed E-state index contributed by atoms with van der Waals surface area (Å²) in [4.78, 5) is 0. The zero-order valence-corrected chi connectivity index (χ0v) is 23.0. The Bertz CT molecular complexity index is 1710. The molecular weight excluding hydrogens is 503 g/mol. The largest absolute Gasteiger partial charge is 0.309 e. The Morgan fingerprint density at radius 3 is 1.32 bits per heavy atom. The fraction of sp³-hybridized carbons (Fsp3) is 0. The molecule has 0 saturated heterocycles. The van der Waals surface area contributed by atoms with Gasteiger partial charge in [0.25, 0.3) is 0 Å². The first kappa shape index (κ1) is 25.6. The van der Waals surface area contributed by atoms with Crippen LogP contribution >= 0.6 is 7.14 Å². The van der Waals surface area contributed by atoms with Gasteiger partial charge < -0.3 is 4.57 Å². The Labute approximate surface area is 236 Å². The van der Waals surface area contributed by atoms with E-state index < -0.39 is 7.14 Å². The monoisotopic (exact) mass is 532 g/mol. The van der Waals surface area contributed by atoms with Gasteiger partial charge in [0.1, 0.15) is 0 Å². The van der Waals surface area contributed by atoms with Gasteiger partial charge in [-0.05, 0) is 39.5 Å². The molecule has 0 aliphatic rings. The van der Waals surface area contributed by atoms with Gasteiger partial charge in [0.05, 0.1) is 0 Å². The van der Waals surface area contributed by atoms with Crippen molar-refractivity contribution in [2.45, 2.75) is 0 Å². The molecule has 0 amide bonds. The maximum atomic E-state index is 14.8. The van der Waals surface area contributed by atoms with Crippen LogP contribution in [0.15, 0.2) is 170 Å². The van der Waals surface area contributed by atoms with E-state index in [9.17, 15) is 4.57 Å². The molecule has 2 heteroatoms. The lowest BCUT2D eigenvalue weighted by Crippen LogP contribution is -2.24. The highest BCUT2D eigenvalue weighted by Crippen LogP contribution is 2.42. The van der Waals surface area contributed by atoms with Gasteiger partial charge in [-0.25, -0.2) is 0 Å². The average molecular weight is 533 g/mol. The molecule has 0 aliphatic carbocycles. The van der Waals surface area contributed by atoms with E-state index in [1.807, 2.05) is 84.9 Å². The lowest BCUT2D eigenvalue weighted by molar-refractivity contribution is 0.592. The average Bonchev–Trinajstić information content (AvgIpc) is 3.05. The fourth-order valence-corrected chi connectivity index (χ4v) is 7.74. The highest BCUT2D eigenvalue weighted by Gasteiger charge is 2.29. The van der Waals surface area contributed by atoms with E-state index in [0.29, 0.717) is 0 Å². The van der Waals surface area contributed by atoms with Crippen LogP contribution in [0.5, 0.6) is 0 Å². The molecule has 6 aromatic carbocycles. The number of hydrogen-bond donors (Lipinski definition) is 0. The SMILES string of the molecule is O=P(c1ccccc1)(c1ccccc1)c1ccc(C(=Cc2ccc(-c3ccccc3)cc2)c2ccccc2)cc1. The normalized spacial score (nSPS) is 11.8. The van der Waals surface area contributed by atoms with Crippen molar-refractivity contribution < 1.29 is 4.57 Å². The van der Waals surface area contributed by atoms with Crippen molar-refractivity contribution >= 4 is 34.7 Å². The summed E-state index contributed by atoms with van der Waals surface area (Å²) in [6.07, 6.45) is 2.23. The third-order valence-electron chi connectivity index (χ3n) is 7.20. The summed E-state index contributed by atoms with van der Waals surface area (Å²) in [5, 5.41) is 2.51. The van der Waals surface area contributed by atoms with Crippen LogP contribution in [-0.4, -0.2) is 0 Å². The molecule has 0 fully saturated rings. The number of benzene rings is 6. The lowest BCUT2D eigenvalue weighted by Gasteiger charge is -2.20. The van der Waals surface area contributed by atoms with Crippen molar-refractivity contribution in [2.24, 2.45) is 0 Å². The van der Waals surface area contributed by atoms with Gasteiger partial charge in [-0.2, -0.15) is 0 Å². The van der Waals surface area contributed by atoms with Gasteiger partial charge in [0.2, 0.25) is 0 Å². The first-order chi connectivity index (χ1) is 19.7. The molecule has 1 nitrogen and oxygen atoms in total. The van der Waals surface area contributed by atoms with Gasteiger partial charge in [-0.3, -0.25) is 0 Å². The van der Waals surface area contributed by atoms with Gasteiger partial charge in [0, 0.05) is 15.9 Å². The molecule has 0 atom stereocenters. The molecule has 0 saturated carbocycles. The first-order valence-electron chi connectivity index (χ1n) is 13.5. The highest BCUT2D eigenvalue weighted by atomic mass is 31.2. The van der Waals surface area contributed by atoms with E-state index in [4.69, 9.17) is 0 Å². The van der Waals surface area contributed by atoms with Crippen LogP contribution in [0.4, 0.5) is 0 Å². The summed E-state index contributed by atoms with van der Waals surface area (Å²) in [5.41, 5.74) is 6.86. The van der Waals surface area contributed by atoms with Crippen LogP contribution in [0.1, 0.15) is 16.7 Å². The van der Waals surface area contributed by atoms with Crippen LogP contribution in [0.3, 0.4) is 0 Å². The first-order valence-corrected chi connectivity index (χ1v) is 15.2. The fourth-order valence-electron chi connectivity index (χ4n) is 5.09. The molecule has 6 rings (SSSR count). The van der Waals surface area contributed by atoms with E-state index in [0.717, 1.165) is 38.2 Å². The smallest absolute Gasteiger partial charge is 0.171 e. The molecule has 0 N–H and O–H groups in total. The highest BCUT2D eigenvalue weighted by molar-refractivity contribution is 7.85. The molecule has 6 aromatic rings. The summed E-state index contributed by atoms with van der Waals surface area (Å²) in [6.45, 7) is 0. The topological polar surface area (TPSA) is 17.1 Å². The van der Waals surface area contributed by atoms with Crippen molar-refractivity contribution in [3.63, 3.8) is 0 Å². The van der Waals surface area contributed by atoms with Crippen LogP contribution in [-0.2, 0) is 4.57 Å². The van der Waals surface area contributed by atoms with E-state index in [1.54, 1.807) is 0 Å². The second kappa shape index (κ2) is 11.6. The van der Waals surface area contributed by atoms with Crippen LogP contribution in [0.2, 0.25) is 0 Å². The predicted octanol–water partition coefficient (Wildman–Crippen LogP) is 8.58. The summed E-state index contributed by atoms with van der Waals surface area (Å²) in [5.74, 6) is 0. The minimum Gasteiger partial charge on any atom is -0.309 e. The van der Waals surface area contributed by atoms with E-state index >= 15 is 0 Å². The molecule has 192 valence electrons. The Kier molecular flexibility index (Phi) is 7.40. The zero-order valence-electron chi connectivity index (χ0n) is 22.1. The molecular formula is C38H29OP. The molecule has 0 bridgehead atoms. The maximum absolute atomic E-state index is 14.8. The summed E-state index contributed by atoms with van der Waals surface area (Å²) < 4.78 is 14.8. The molecule has 0 aliphatic heterocycles. The van der Waals surface area contributed by atoms with Crippen LogP contribution in [0.25, 0.3) is 22.8 Å². The molecule has 0 heterocycles. The lowest BCUT2D eigenvalue weighted by atomic mass is 9.95. The third-order valence-corrected chi connectivity index (χ3v) is 10.3. The van der Waals surface area contributed by atoms with Crippen molar-refractivity contribution in [3.8, 4) is 11.1 Å². The number of hydrogen-bond acceptors (Lipinski definition) is 1. The van der Waals surface area contributed by atoms with Gasteiger partial charge in [0.15, 0.2) is 7.14 Å². The maximum Gasteiger partial charge on any atom is 0.171 e. The third kappa shape index (κ3) is 5.25. The van der Waals surface area contributed by atoms with Gasteiger partial charge >= 0.3 is 0 Å². The summed E-state index contributed by atoms with van der Waals surface area (Å²) >= 11 is 0. The Hall–Kier alpha value is -4.71. The van der Waals surface area contributed by atoms with Crippen molar-refractivity contribution in [1.82, 2.24) is 0 Å². The Balaban J connectivity index is 1.41. The minimum absolute atomic E-state index is 0.827.